The summed E-state index contributed by atoms with van der Waals surface area (Å²) in [7, 11) is 0. The van der Waals surface area contributed by atoms with E-state index in [1.165, 1.54) is 24.3 Å². The highest BCUT2D eigenvalue weighted by molar-refractivity contribution is 5.93. The maximum atomic E-state index is 12.4. The molecule has 0 atom stereocenters. The van der Waals surface area contributed by atoms with Crippen LogP contribution < -0.4 is 16.2 Å². The molecule has 0 aliphatic carbocycles. The lowest BCUT2D eigenvalue weighted by molar-refractivity contribution is -0.274. The summed E-state index contributed by atoms with van der Waals surface area (Å²) in [6.07, 6.45) is -3.44. The lowest BCUT2D eigenvalue weighted by Gasteiger charge is -2.31. The Bertz CT molecular complexity index is 965. The van der Waals surface area contributed by atoms with Gasteiger partial charge in [0.1, 0.15) is 11.6 Å². The Labute approximate surface area is 171 Å². The summed E-state index contributed by atoms with van der Waals surface area (Å²) in [6, 6.07) is 5.39. The molecule has 7 nitrogen and oxygen atoms in total. The minimum Gasteiger partial charge on any atom is -0.406 e. The SMILES string of the molecule is CC#CC(=O)N1CCC(n2nc(-c3ccc(OC(F)(F)F)cc3)c(CN)c2N)CC1. The zero-order valence-electron chi connectivity index (χ0n) is 16.4. The van der Waals surface area contributed by atoms with Gasteiger partial charge in [-0.05, 0) is 50.0 Å². The number of piperidine rings is 1. The van der Waals surface area contributed by atoms with Crippen LogP contribution in [0.2, 0.25) is 0 Å². The molecule has 10 heteroatoms. The Morgan fingerprint density at radius 3 is 2.43 bits per heavy atom. The summed E-state index contributed by atoms with van der Waals surface area (Å²) in [6.45, 7) is 2.82. The molecule has 1 aromatic heterocycles. The van der Waals surface area contributed by atoms with Crippen LogP contribution in [-0.4, -0.2) is 40.0 Å². The average molecular weight is 421 g/mol. The first-order chi connectivity index (χ1) is 14.2. The number of hydrogen-bond acceptors (Lipinski definition) is 5. The Balaban J connectivity index is 1.81. The maximum Gasteiger partial charge on any atom is 0.573 e. The molecule has 160 valence electrons. The number of nitrogen functional groups attached to an aromatic ring is 1. The Morgan fingerprint density at radius 2 is 1.90 bits per heavy atom. The Hall–Kier alpha value is -3.19. The van der Waals surface area contributed by atoms with Crippen LogP contribution in [-0.2, 0) is 11.3 Å². The molecular weight excluding hydrogens is 399 g/mol. The van der Waals surface area contributed by atoms with E-state index in [4.69, 9.17) is 11.5 Å². The highest BCUT2D eigenvalue weighted by Gasteiger charge is 2.31. The van der Waals surface area contributed by atoms with Gasteiger partial charge in [-0.3, -0.25) is 4.79 Å². The van der Waals surface area contributed by atoms with Crippen molar-refractivity contribution in [2.45, 2.75) is 38.7 Å². The van der Waals surface area contributed by atoms with Gasteiger partial charge in [0.2, 0.25) is 0 Å². The van der Waals surface area contributed by atoms with Gasteiger partial charge in [0.15, 0.2) is 0 Å². The minimum atomic E-state index is -4.76. The summed E-state index contributed by atoms with van der Waals surface area (Å²) in [4.78, 5) is 13.6. The van der Waals surface area contributed by atoms with E-state index in [2.05, 4.69) is 21.7 Å². The van der Waals surface area contributed by atoms with E-state index in [1.54, 1.807) is 16.5 Å². The van der Waals surface area contributed by atoms with Crippen molar-refractivity contribution in [2.75, 3.05) is 18.8 Å². The van der Waals surface area contributed by atoms with Crippen molar-refractivity contribution in [2.24, 2.45) is 5.73 Å². The number of carbonyl (C=O) groups excluding carboxylic acids is 1. The minimum absolute atomic E-state index is 0.0180. The zero-order chi connectivity index (χ0) is 21.9. The van der Waals surface area contributed by atoms with Gasteiger partial charge in [0.25, 0.3) is 5.91 Å². The summed E-state index contributed by atoms with van der Waals surface area (Å²) in [5.74, 6) is 5.04. The molecular formula is C20H22F3N5O2. The summed E-state index contributed by atoms with van der Waals surface area (Å²) >= 11 is 0. The number of aromatic nitrogens is 2. The number of halogens is 3. The number of anilines is 1. The second-order valence-corrected chi connectivity index (χ2v) is 6.83. The molecule has 1 amide bonds. The lowest BCUT2D eigenvalue weighted by atomic mass is 10.0. The number of likely N-dealkylation sites (tertiary alicyclic amines) is 1. The summed E-state index contributed by atoms with van der Waals surface area (Å²) in [5.41, 5.74) is 13.9. The normalized spacial score (nSPS) is 14.9. The van der Waals surface area contributed by atoms with Crippen LogP contribution in [0.25, 0.3) is 11.3 Å². The molecule has 1 aliphatic rings. The van der Waals surface area contributed by atoms with E-state index in [0.29, 0.717) is 48.6 Å². The molecule has 0 bridgehead atoms. The molecule has 4 N–H and O–H groups in total. The van der Waals surface area contributed by atoms with Crippen LogP contribution in [0.3, 0.4) is 0 Å². The van der Waals surface area contributed by atoms with Gasteiger partial charge in [-0.1, -0.05) is 5.92 Å². The second kappa shape index (κ2) is 8.67. The second-order valence-electron chi connectivity index (χ2n) is 6.83. The molecule has 0 unspecified atom stereocenters. The van der Waals surface area contributed by atoms with Gasteiger partial charge >= 0.3 is 6.36 Å². The van der Waals surface area contributed by atoms with Crippen LogP contribution >= 0.6 is 0 Å². The van der Waals surface area contributed by atoms with Gasteiger partial charge in [-0.15, -0.1) is 13.2 Å². The molecule has 1 fully saturated rings. The van der Waals surface area contributed by atoms with Crippen molar-refractivity contribution in [1.29, 1.82) is 0 Å². The smallest absolute Gasteiger partial charge is 0.406 e. The predicted octanol–water partition coefficient (Wildman–Crippen LogP) is 2.68. The molecule has 3 rings (SSSR count). The Kier molecular flexibility index (Phi) is 6.22. The average Bonchev–Trinajstić information content (AvgIpc) is 3.04. The largest absolute Gasteiger partial charge is 0.573 e. The summed E-state index contributed by atoms with van der Waals surface area (Å²) in [5, 5.41) is 4.60. The van der Waals surface area contributed by atoms with Crippen LogP contribution in [0, 0.1) is 11.8 Å². The number of nitrogens with two attached hydrogens (primary N) is 2. The third kappa shape index (κ3) is 4.68. The summed E-state index contributed by atoms with van der Waals surface area (Å²) < 4.78 is 42.7. The van der Waals surface area contributed by atoms with Crippen molar-refractivity contribution < 1.29 is 22.7 Å². The molecule has 0 radical (unpaired) electrons. The van der Waals surface area contributed by atoms with Gasteiger partial charge in [-0.25, -0.2) is 4.68 Å². The predicted molar refractivity (Wildman–Crippen MR) is 105 cm³/mol. The van der Waals surface area contributed by atoms with Crippen LogP contribution in [0.4, 0.5) is 19.0 Å². The van der Waals surface area contributed by atoms with Gasteiger partial charge in [0.05, 0.1) is 11.7 Å². The third-order valence-corrected chi connectivity index (χ3v) is 4.94. The van der Waals surface area contributed by atoms with Crippen LogP contribution in [0.5, 0.6) is 5.75 Å². The highest BCUT2D eigenvalue weighted by Crippen LogP contribution is 2.33. The molecule has 0 spiro atoms. The maximum absolute atomic E-state index is 12.4. The number of rotatable bonds is 4. The van der Waals surface area contributed by atoms with Crippen molar-refractivity contribution in [3.05, 3.63) is 29.8 Å². The molecule has 0 saturated carbocycles. The quantitative estimate of drug-likeness (QED) is 0.740. The molecule has 1 saturated heterocycles. The van der Waals surface area contributed by atoms with Crippen molar-refractivity contribution in [3.63, 3.8) is 0 Å². The third-order valence-electron chi connectivity index (χ3n) is 4.94. The van der Waals surface area contributed by atoms with Crippen molar-refractivity contribution in [3.8, 4) is 28.8 Å². The molecule has 30 heavy (non-hydrogen) atoms. The molecule has 1 aromatic carbocycles. The van der Waals surface area contributed by atoms with E-state index < -0.39 is 6.36 Å². The van der Waals surface area contributed by atoms with Gasteiger partial charge < -0.3 is 21.1 Å². The fourth-order valence-electron chi connectivity index (χ4n) is 3.51. The molecule has 1 aliphatic heterocycles. The topological polar surface area (TPSA) is 99.4 Å². The zero-order valence-corrected chi connectivity index (χ0v) is 16.4. The number of carbonyl (C=O) groups is 1. The lowest BCUT2D eigenvalue weighted by Crippen LogP contribution is -2.38. The molecule has 2 aromatic rings. The van der Waals surface area contributed by atoms with E-state index in [9.17, 15) is 18.0 Å². The number of ether oxygens (including phenoxy) is 1. The number of hydrogen-bond donors (Lipinski definition) is 2. The van der Waals surface area contributed by atoms with E-state index >= 15 is 0 Å². The number of nitrogens with zero attached hydrogens (tertiary/aromatic N) is 3. The number of amides is 1. The number of benzene rings is 1. The van der Waals surface area contributed by atoms with E-state index in [0.717, 1.165) is 0 Å². The fourth-order valence-corrected chi connectivity index (χ4v) is 3.51. The monoisotopic (exact) mass is 421 g/mol. The van der Waals surface area contributed by atoms with Gasteiger partial charge in [0, 0.05) is 30.8 Å². The Morgan fingerprint density at radius 1 is 1.27 bits per heavy atom. The van der Waals surface area contributed by atoms with Crippen LogP contribution in [0.15, 0.2) is 24.3 Å². The van der Waals surface area contributed by atoms with Crippen molar-refractivity contribution >= 4 is 11.7 Å². The van der Waals surface area contributed by atoms with Crippen LogP contribution in [0.1, 0.15) is 31.4 Å². The standard InChI is InChI=1S/C20H22F3N5O2/c1-2-3-17(29)27-10-8-14(9-11-27)28-19(25)16(12-24)18(26-28)13-4-6-15(7-5-13)30-20(21,22)23/h4-7,14H,8-12,24-25H2,1H3. The van der Waals surface area contributed by atoms with Crippen molar-refractivity contribution in [1.82, 2.24) is 14.7 Å². The van der Waals surface area contributed by atoms with Gasteiger partial charge in [-0.2, -0.15) is 5.10 Å². The number of alkyl halides is 3. The first-order valence-electron chi connectivity index (χ1n) is 9.38. The van der Waals surface area contributed by atoms with E-state index in [-0.39, 0.29) is 24.2 Å². The highest BCUT2D eigenvalue weighted by atomic mass is 19.4. The first kappa shape index (κ1) is 21.5. The molecule has 2 heterocycles. The first-order valence-corrected chi connectivity index (χ1v) is 9.38. The fraction of sp³-hybridized carbons (Fsp3) is 0.400. The van der Waals surface area contributed by atoms with E-state index in [1.807, 2.05) is 0 Å².